The van der Waals surface area contributed by atoms with E-state index < -0.39 is 5.97 Å². The summed E-state index contributed by atoms with van der Waals surface area (Å²) in [5.74, 6) is -0.687. The first-order valence-electron chi connectivity index (χ1n) is 4.91. The summed E-state index contributed by atoms with van der Waals surface area (Å²) in [5, 5.41) is 13.7. The average molecular weight is 231 g/mol. The van der Waals surface area contributed by atoms with Crippen molar-refractivity contribution in [1.29, 1.82) is 0 Å². The van der Waals surface area contributed by atoms with Gasteiger partial charge in [0.1, 0.15) is 11.5 Å². The maximum Gasteiger partial charge on any atom is 0.352 e. The second-order valence-corrected chi connectivity index (χ2v) is 3.78. The molecule has 3 aromatic rings. The first-order valence-corrected chi connectivity index (χ1v) is 4.91. The van der Waals surface area contributed by atoms with Gasteiger partial charge in [-0.2, -0.15) is 5.10 Å². The lowest BCUT2D eigenvalue weighted by Gasteiger charge is -1.99. The van der Waals surface area contributed by atoms with Crippen LogP contribution < -0.4 is 5.73 Å². The molecule has 7 heteroatoms. The lowest BCUT2D eigenvalue weighted by Crippen LogP contribution is -1.96. The lowest BCUT2D eigenvalue weighted by molar-refractivity contribution is 0.0691. The number of fused-ring (bicyclic) bond motifs is 3. The van der Waals surface area contributed by atoms with Crippen molar-refractivity contribution in [2.45, 2.75) is 0 Å². The smallest absolute Gasteiger partial charge is 0.352 e. The van der Waals surface area contributed by atoms with Crippen LogP contribution in [0.4, 0.5) is 5.82 Å². The van der Waals surface area contributed by atoms with Crippen LogP contribution in [-0.2, 0) is 7.05 Å². The van der Waals surface area contributed by atoms with Crippen LogP contribution in [0.15, 0.2) is 12.3 Å². The molecule has 3 heterocycles. The Morgan fingerprint density at radius 2 is 2.35 bits per heavy atom. The molecule has 0 aliphatic heterocycles. The van der Waals surface area contributed by atoms with Gasteiger partial charge in [-0.1, -0.05) is 0 Å². The van der Waals surface area contributed by atoms with Crippen LogP contribution in [-0.4, -0.2) is 30.8 Å². The van der Waals surface area contributed by atoms with Gasteiger partial charge in [-0.3, -0.25) is 4.68 Å². The molecule has 0 unspecified atom stereocenters. The van der Waals surface area contributed by atoms with Crippen molar-refractivity contribution in [1.82, 2.24) is 19.7 Å². The van der Waals surface area contributed by atoms with Crippen molar-refractivity contribution in [3.05, 3.63) is 18.0 Å². The largest absolute Gasteiger partial charge is 0.477 e. The van der Waals surface area contributed by atoms with Gasteiger partial charge in [-0.15, -0.1) is 0 Å². The summed E-state index contributed by atoms with van der Waals surface area (Å²) in [6, 6.07) is 1.46. The predicted octanol–water partition coefficient (Wildman–Crippen LogP) is 0.730. The third kappa shape index (κ3) is 1.19. The second-order valence-electron chi connectivity index (χ2n) is 3.78. The zero-order valence-corrected chi connectivity index (χ0v) is 8.93. The van der Waals surface area contributed by atoms with E-state index in [0.29, 0.717) is 22.2 Å². The molecule has 3 aromatic heterocycles. The van der Waals surface area contributed by atoms with E-state index in [0.717, 1.165) is 5.52 Å². The summed E-state index contributed by atoms with van der Waals surface area (Å²) < 4.78 is 1.64. The number of anilines is 1. The summed E-state index contributed by atoms with van der Waals surface area (Å²) in [6.45, 7) is 0. The third-order valence-corrected chi connectivity index (χ3v) is 2.72. The Balaban J connectivity index is 2.53. The second kappa shape index (κ2) is 2.97. The first kappa shape index (κ1) is 9.64. The van der Waals surface area contributed by atoms with Gasteiger partial charge in [0.25, 0.3) is 0 Å². The van der Waals surface area contributed by atoms with Gasteiger partial charge in [0.05, 0.1) is 28.1 Å². The fourth-order valence-electron chi connectivity index (χ4n) is 1.94. The highest BCUT2D eigenvalue weighted by atomic mass is 16.4. The molecule has 0 saturated heterocycles. The number of pyridine rings is 1. The fourth-order valence-corrected chi connectivity index (χ4v) is 1.94. The van der Waals surface area contributed by atoms with Gasteiger partial charge in [-0.05, 0) is 6.07 Å². The number of aromatic nitrogens is 4. The molecular weight excluding hydrogens is 222 g/mol. The minimum Gasteiger partial charge on any atom is -0.477 e. The molecule has 0 spiro atoms. The Bertz CT molecular complexity index is 755. The quantitative estimate of drug-likeness (QED) is 0.571. The van der Waals surface area contributed by atoms with E-state index >= 15 is 0 Å². The number of H-pyrrole nitrogens is 1. The molecule has 0 amide bonds. The Hall–Kier alpha value is -2.57. The number of nitrogen functional groups attached to an aromatic ring is 1. The molecule has 17 heavy (non-hydrogen) atoms. The van der Waals surface area contributed by atoms with Crippen LogP contribution in [0.3, 0.4) is 0 Å². The van der Waals surface area contributed by atoms with Crippen molar-refractivity contribution in [3.8, 4) is 0 Å². The predicted molar refractivity (Wildman–Crippen MR) is 61.7 cm³/mol. The highest BCUT2D eigenvalue weighted by molar-refractivity contribution is 6.08. The number of aromatic amines is 1. The van der Waals surface area contributed by atoms with E-state index in [1.807, 2.05) is 0 Å². The Morgan fingerprint density at radius 1 is 1.59 bits per heavy atom. The summed E-state index contributed by atoms with van der Waals surface area (Å²) in [4.78, 5) is 17.9. The van der Waals surface area contributed by atoms with Gasteiger partial charge < -0.3 is 15.8 Å². The number of nitrogens with one attached hydrogen (secondary N) is 1. The standard InChI is InChI=1S/C10H9N5O2/c1-15-8-4(3-12-15)9(11)14-5-2-6(10(16)17)13-7(5)8/h2-3,13H,1H3,(H2,11,14)(H,16,17). The van der Waals surface area contributed by atoms with Crippen LogP contribution in [0.1, 0.15) is 10.5 Å². The molecule has 0 radical (unpaired) electrons. The van der Waals surface area contributed by atoms with E-state index in [1.165, 1.54) is 6.07 Å². The molecule has 0 aliphatic rings. The van der Waals surface area contributed by atoms with E-state index in [2.05, 4.69) is 15.1 Å². The SMILES string of the molecule is Cn1ncc2c(N)nc3cc(C(=O)O)[nH]c3c21. The zero-order valence-electron chi connectivity index (χ0n) is 8.93. The van der Waals surface area contributed by atoms with E-state index in [4.69, 9.17) is 10.8 Å². The molecule has 0 saturated carbocycles. The summed E-state index contributed by atoms with van der Waals surface area (Å²) in [6.07, 6.45) is 1.61. The molecule has 0 aliphatic carbocycles. The number of aryl methyl sites for hydroxylation is 1. The number of carbonyl (C=O) groups is 1. The third-order valence-electron chi connectivity index (χ3n) is 2.72. The number of rotatable bonds is 1. The maximum absolute atomic E-state index is 10.9. The fraction of sp³-hybridized carbons (Fsp3) is 0.100. The van der Waals surface area contributed by atoms with Crippen LogP contribution in [0.25, 0.3) is 21.9 Å². The summed E-state index contributed by atoms with van der Waals surface area (Å²) in [7, 11) is 1.77. The topological polar surface area (TPSA) is 110 Å². The van der Waals surface area contributed by atoms with Gasteiger partial charge in [-0.25, -0.2) is 9.78 Å². The molecule has 0 bridgehead atoms. The van der Waals surface area contributed by atoms with Crippen LogP contribution in [0.5, 0.6) is 0 Å². The Morgan fingerprint density at radius 3 is 3.06 bits per heavy atom. The lowest BCUT2D eigenvalue weighted by atomic mass is 10.2. The Kier molecular flexibility index (Phi) is 1.68. The average Bonchev–Trinajstić information content (AvgIpc) is 2.82. The van der Waals surface area contributed by atoms with Gasteiger partial charge in [0, 0.05) is 7.05 Å². The summed E-state index contributed by atoms with van der Waals surface area (Å²) >= 11 is 0. The van der Waals surface area contributed by atoms with Crippen molar-refractivity contribution < 1.29 is 9.90 Å². The minimum absolute atomic E-state index is 0.0839. The molecule has 7 nitrogen and oxygen atoms in total. The minimum atomic E-state index is -1.03. The van der Waals surface area contributed by atoms with Gasteiger partial charge in [0.2, 0.25) is 0 Å². The number of nitrogens with two attached hydrogens (primary N) is 1. The molecule has 86 valence electrons. The number of hydrogen-bond acceptors (Lipinski definition) is 4. The molecular formula is C10H9N5O2. The molecule has 0 atom stereocenters. The Labute approximate surface area is 94.9 Å². The number of nitrogens with zero attached hydrogens (tertiary/aromatic N) is 3. The van der Waals surface area contributed by atoms with E-state index in [1.54, 1.807) is 17.9 Å². The number of hydrogen-bond donors (Lipinski definition) is 3. The van der Waals surface area contributed by atoms with E-state index in [9.17, 15) is 4.79 Å². The molecule has 4 N–H and O–H groups in total. The first-order chi connectivity index (χ1) is 8.08. The molecule has 3 rings (SSSR count). The number of carboxylic acid groups (broad SMARTS) is 1. The van der Waals surface area contributed by atoms with Crippen molar-refractivity contribution in [2.24, 2.45) is 7.05 Å². The molecule has 0 aromatic carbocycles. The van der Waals surface area contributed by atoms with Crippen molar-refractivity contribution in [2.75, 3.05) is 5.73 Å². The highest BCUT2D eigenvalue weighted by Gasteiger charge is 2.15. The van der Waals surface area contributed by atoms with Gasteiger partial charge in [0.15, 0.2) is 0 Å². The van der Waals surface area contributed by atoms with Crippen LogP contribution in [0, 0.1) is 0 Å². The van der Waals surface area contributed by atoms with E-state index in [-0.39, 0.29) is 5.69 Å². The van der Waals surface area contributed by atoms with Crippen LogP contribution in [0.2, 0.25) is 0 Å². The molecule has 0 fully saturated rings. The number of aromatic carboxylic acids is 1. The summed E-state index contributed by atoms with van der Waals surface area (Å²) in [5.41, 5.74) is 7.78. The normalized spacial score (nSPS) is 11.4. The monoisotopic (exact) mass is 231 g/mol. The number of carboxylic acids is 1. The van der Waals surface area contributed by atoms with Gasteiger partial charge >= 0.3 is 5.97 Å². The van der Waals surface area contributed by atoms with Crippen molar-refractivity contribution in [3.63, 3.8) is 0 Å². The maximum atomic E-state index is 10.9. The highest BCUT2D eigenvalue weighted by Crippen LogP contribution is 2.27. The zero-order chi connectivity index (χ0) is 12.2. The van der Waals surface area contributed by atoms with Crippen molar-refractivity contribution >= 4 is 33.7 Å². The van der Waals surface area contributed by atoms with Crippen LogP contribution >= 0.6 is 0 Å².